The van der Waals surface area contributed by atoms with E-state index in [9.17, 15) is 4.79 Å². The van der Waals surface area contributed by atoms with Crippen LogP contribution >= 0.6 is 0 Å². The van der Waals surface area contributed by atoms with Crippen molar-refractivity contribution in [3.05, 3.63) is 23.8 Å². The molecule has 0 saturated carbocycles. The number of hydrogen-bond acceptors (Lipinski definition) is 3. The largest absolute Gasteiger partial charge is 0.465 e. The lowest BCUT2D eigenvalue weighted by Gasteiger charge is -2.32. The predicted molar refractivity (Wildman–Crippen MR) is 76.8 cm³/mol. The summed E-state index contributed by atoms with van der Waals surface area (Å²) < 4.78 is 1.98. The second kappa shape index (κ2) is 4.70. The lowest BCUT2D eigenvalue weighted by molar-refractivity contribution is 0.122. The monoisotopic (exact) mass is 274 g/mol. The molecule has 6 nitrogen and oxygen atoms in total. The summed E-state index contributed by atoms with van der Waals surface area (Å²) in [6, 6.07) is 6.10. The Balaban J connectivity index is 2.01. The zero-order valence-electron chi connectivity index (χ0n) is 11.4. The molecule has 1 saturated heterocycles. The number of benzene rings is 1. The third-order valence-electron chi connectivity index (χ3n) is 3.90. The van der Waals surface area contributed by atoms with Crippen molar-refractivity contribution in [2.75, 3.05) is 18.8 Å². The lowest BCUT2D eigenvalue weighted by Crippen LogP contribution is -2.40. The molecular formula is C14H18N4O2. The average molecular weight is 274 g/mol. The summed E-state index contributed by atoms with van der Waals surface area (Å²) in [7, 11) is 0. The van der Waals surface area contributed by atoms with Crippen molar-refractivity contribution < 1.29 is 9.90 Å². The molecule has 1 aliphatic rings. The number of fused-ring (bicyclic) bond motifs is 1. The van der Waals surface area contributed by atoms with Crippen LogP contribution in [0, 0.1) is 6.92 Å². The van der Waals surface area contributed by atoms with Crippen LogP contribution in [0.5, 0.6) is 0 Å². The Morgan fingerprint density at radius 3 is 3.05 bits per heavy atom. The van der Waals surface area contributed by atoms with Crippen LogP contribution in [0.3, 0.4) is 0 Å². The molecule has 0 bridgehead atoms. The van der Waals surface area contributed by atoms with Gasteiger partial charge in [-0.1, -0.05) is 6.07 Å². The maximum absolute atomic E-state index is 11.1. The van der Waals surface area contributed by atoms with Crippen LogP contribution in [0.1, 0.15) is 24.4 Å². The quantitative estimate of drug-likeness (QED) is 0.835. The van der Waals surface area contributed by atoms with Crippen molar-refractivity contribution in [2.24, 2.45) is 0 Å². The van der Waals surface area contributed by atoms with Gasteiger partial charge in [0.1, 0.15) is 0 Å². The number of rotatable bonds is 1. The van der Waals surface area contributed by atoms with Gasteiger partial charge in [0, 0.05) is 13.1 Å². The Labute approximate surface area is 116 Å². The van der Waals surface area contributed by atoms with Gasteiger partial charge in [-0.05, 0) is 37.5 Å². The van der Waals surface area contributed by atoms with Gasteiger partial charge in [-0.15, -0.1) is 0 Å². The first-order valence-electron chi connectivity index (χ1n) is 6.78. The molecule has 3 N–H and O–H groups in total. The predicted octanol–water partition coefficient (Wildman–Crippen LogP) is 2.24. The summed E-state index contributed by atoms with van der Waals surface area (Å²) in [4.78, 5) is 17.0. The minimum Gasteiger partial charge on any atom is -0.465 e. The number of piperidine rings is 1. The summed E-state index contributed by atoms with van der Waals surface area (Å²) in [6.07, 6.45) is 0.906. The van der Waals surface area contributed by atoms with E-state index >= 15 is 0 Å². The van der Waals surface area contributed by atoms with Crippen LogP contribution in [-0.4, -0.2) is 38.7 Å². The number of imidazole rings is 1. The summed E-state index contributed by atoms with van der Waals surface area (Å²) in [6.45, 7) is 3.08. The molecule has 1 aromatic carbocycles. The summed E-state index contributed by atoms with van der Waals surface area (Å²) in [5.74, 6) is 0.461. The molecule has 1 aliphatic heterocycles. The van der Waals surface area contributed by atoms with Crippen molar-refractivity contribution in [3.8, 4) is 0 Å². The number of aromatic nitrogens is 2. The first-order chi connectivity index (χ1) is 9.56. The standard InChI is InChI=1S/C14H18N4O2/c1-9-4-5-12-11(7-9)16-13(15)18(12)10-3-2-6-17(8-10)14(19)20/h4-5,7,10H,2-3,6,8H2,1H3,(H2,15,16)(H,19,20). The molecule has 1 aromatic heterocycles. The highest BCUT2D eigenvalue weighted by Gasteiger charge is 2.26. The second-order valence-electron chi connectivity index (χ2n) is 5.36. The minimum absolute atomic E-state index is 0.0626. The summed E-state index contributed by atoms with van der Waals surface area (Å²) in [5.41, 5.74) is 9.03. The topological polar surface area (TPSA) is 84.4 Å². The number of aryl methyl sites for hydroxylation is 1. The molecule has 3 rings (SSSR count). The fraction of sp³-hybridized carbons (Fsp3) is 0.429. The molecule has 1 amide bonds. The van der Waals surface area contributed by atoms with Gasteiger partial charge in [-0.2, -0.15) is 0 Å². The average Bonchev–Trinajstić information content (AvgIpc) is 2.73. The molecular weight excluding hydrogens is 256 g/mol. The van der Waals surface area contributed by atoms with E-state index < -0.39 is 6.09 Å². The summed E-state index contributed by atoms with van der Waals surface area (Å²) >= 11 is 0. The van der Waals surface area contributed by atoms with E-state index in [0.29, 0.717) is 19.0 Å². The first kappa shape index (κ1) is 12.8. The number of nitrogen functional groups attached to an aromatic ring is 1. The van der Waals surface area contributed by atoms with Crippen LogP contribution in [-0.2, 0) is 0 Å². The van der Waals surface area contributed by atoms with Gasteiger partial charge >= 0.3 is 6.09 Å². The van der Waals surface area contributed by atoms with Gasteiger partial charge in [-0.3, -0.25) is 0 Å². The zero-order chi connectivity index (χ0) is 14.3. The van der Waals surface area contributed by atoms with Gasteiger partial charge in [0.2, 0.25) is 5.95 Å². The third-order valence-corrected chi connectivity index (χ3v) is 3.90. The maximum Gasteiger partial charge on any atom is 0.407 e. The van der Waals surface area contributed by atoms with Crippen LogP contribution in [0.25, 0.3) is 11.0 Å². The highest BCUT2D eigenvalue weighted by atomic mass is 16.4. The van der Waals surface area contributed by atoms with E-state index in [1.54, 1.807) is 0 Å². The van der Waals surface area contributed by atoms with Crippen molar-refractivity contribution in [1.82, 2.24) is 14.5 Å². The molecule has 0 spiro atoms. The van der Waals surface area contributed by atoms with E-state index in [1.807, 2.05) is 29.7 Å². The highest BCUT2D eigenvalue weighted by Crippen LogP contribution is 2.29. The van der Waals surface area contributed by atoms with Gasteiger partial charge < -0.3 is 20.3 Å². The van der Waals surface area contributed by atoms with E-state index in [2.05, 4.69) is 4.98 Å². The lowest BCUT2D eigenvalue weighted by atomic mass is 10.1. The SMILES string of the molecule is Cc1ccc2c(c1)nc(N)n2C1CCCN(C(=O)O)C1. The van der Waals surface area contributed by atoms with Crippen molar-refractivity contribution in [2.45, 2.75) is 25.8 Å². The molecule has 2 aromatic rings. The normalized spacial score (nSPS) is 19.4. The molecule has 1 unspecified atom stereocenters. The van der Waals surface area contributed by atoms with Crippen LogP contribution in [0.15, 0.2) is 18.2 Å². The molecule has 0 radical (unpaired) electrons. The maximum atomic E-state index is 11.1. The number of hydrogen-bond donors (Lipinski definition) is 2. The van der Waals surface area contributed by atoms with Crippen LogP contribution in [0.4, 0.5) is 10.7 Å². The van der Waals surface area contributed by atoms with E-state index in [1.165, 1.54) is 4.90 Å². The van der Waals surface area contributed by atoms with Gasteiger partial charge in [0.15, 0.2) is 0 Å². The minimum atomic E-state index is -0.867. The highest BCUT2D eigenvalue weighted by molar-refractivity contribution is 5.79. The van der Waals surface area contributed by atoms with Crippen LogP contribution < -0.4 is 5.73 Å². The van der Waals surface area contributed by atoms with Gasteiger partial charge in [-0.25, -0.2) is 9.78 Å². The Bertz CT molecular complexity index is 664. The van der Waals surface area contributed by atoms with Crippen molar-refractivity contribution in [1.29, 1.82) is 0 Å². The zero-order valence-corrected chi connectivity index (χ0v) is 11.4. The Morgan fingerprint density at radius 2 is 2.30 bits per heavy atom. The van der Waals surface area contributed by atoms with E-state index in [-0.39, 0.29) is 6.04 Å². The van der Waals surface area contributed by atoms with Crippen LogP contribution in [0.2, 0.25) is 0 Å². The Kier molecular flexibility index (Phi) is 3.00. The number of anilines is 1. The van der Waals surface area contributed by atoms with E-state index in [4.69, 9.17) is 10.8 Å². The molecule has 6 heteroatoms. The second-order valence-corrected chi connectivity index (χ2v) is 5.36. The number of nitrogens with two attached hydrogens (primary N) is 1. The Hall–Kier alpha value is -2.24. The number of nitrogens with zero attached hydrogens (tertiary/aromatic N) is 3. The fourth-order valence-electron chi connectivity index (χ4n) is 2.95. The van der Waals surface area contributed by atoms with Crippen molar-refractivity contribution >= 4 is 23.1 Å². The number of carbonyl (C=O) groups is 1. The molecule has 1 atom stereocenters. The third kappa shape index (κ3) is 2.07. The summed E-state index contributed by atoms with van der Waals surface area (Å²) in [5, 5.41) is 9.14. The molecule has 20 heavy (non-hydrogen) atoms. The number of carboxylic acid groups (broad SMARTS) is 1. The van der Waals surface area contributed by atoms with Gasteiger partial charge in [0.05, 0.1) is 17.1 Å². The molecule has 2 heterocycles. The number of amides is 1. The number of likely N-dealkylation sites (tertiary alicyclic amines) is 1. The Morgan fingerprint density at radius 1 is 1.50 bits per heavy atom. The molecule has 106 valence electrons. The van der Waals surface area contributed by atoms with Crippen molar-refractivity contribution in [3.63, 3.8) is 0 Å². The molecule has 1 fully saturated rings. The smallest absolute Gasteiger partial charge is 0.407 e. The molecule has 0 aliphatic carbocycles. The van der Waals surface area contributed by atoms with Gasteiger partial charge in [0.25, 0.3) is 0 Å². The fourth-order valence-corrected chi connectivity index (χ4v) is 2.95. The van der Waals surface area contributed by atoms with E-state index in [0.717, 1.165) is 29.4 Å². The first-order valence-corrected chi connectivity index (χ1v) is 6.78.